The zero-order valence-corrected chi connectivity index (χ0v) is 17.3. The van der Waals surface area contributed by atoms with Crippen molar-refractivity contribution in [3.05, 3.63) is 78.5 Å². The van der Waals surface area contributed by atoms with E-state index in [4.69, 9.17) is 9.47 Å². The number of pyridine rings is 1. The van der Waals surface area contributed by atoms with Gasteiger partial charge in [-0.2, -0.15) is 5.10 Å². The highest BCUT2D eigenvalue weighted by Crippen LogP contribution is 2.29. The lowest BCUT2D eigenvalue weighted by atomic mass is 10.0. The SMILES string of the molecule is COc1cc(OC)cc([C@H](NC(=O)c2ccc(-n3cncn3)nc2)c2nccn2C)c1. The second kappa shape index (κ2) is 8.66. The molecule has 0 aliphatic rings. The van der Waals surface area contributed by atoms with Crippen LogP contribution in [0.5, 0.6) is 11.5 Å². The molecule has 3 aromatic heterocycles. The van der Waals surface area contributed by atoms with E-state index >= 15 is 0 Å². The summed E-state index contributed by atoms with van der Waals surface area (Å²) in [6, 6.07) is 8.30. The molecule has 158 valence electrons. The number of nitrogens with one attached hydrogen (secondary N) is 1. The lowest BCUT2D eigenvalue weighted by Gasteiger charge is -2.20. The first kappa shape index (κ1) is 20.1. The number of aryl methyl sites for hydroxylation is 1. The van der Waals surface area contributed by atoms with Crippen LogP contribution in [0.4, 0.5) is 0 Å². The molecular formula is C21H21N7O3. The first-order chi connectivity index (χ1) is 15.1. The number of carbonyl (C=O) groups excluding carboxylic acids is 1. The molecule has 0 saturated carbocycles. The highest BCUT2D eigenvalue weighted by molar-refractivity contribution is 5.94. The first-order valence-corrected chi connectivity index (χ1v) is 9.41. The van der Waals surface area contributed by atoms with E-state index in [-0.39, 0.29) is 5.91 Å². The third-order valence-electron chi connectivity index (χ3n) is 4.76. The second-order valence-electron chi connectivity index (χ2n) is 6.69. The average Bonchev–Trinajstić information content (AvgIpc) is 3.49. The lowest BCUT2D eigenvalue weighted by molar-refractivity contribution is 0.0940. The standard InChI is InChI=1S/C21H21N7O3/c1-27-7-6-23-20(27)19(15-8-16(30-2)10-17(9-15)31-3)26-21(29)14-4-5-18(24-11-14)28-13-22-12-25-28/h4-13,19H,1-3H3,(H,26,29)/t19-/m0/s1. The number of imidazole rings is 1. The minimum atomic E-state index is -0.536. The molecule has 1 atom stereocenters. The van der Waals surface area contributed by atoms with Gasteiger partial charge in [0.2, 0.25) is 0 Å². The summed E-state index contributed by atoms with van der Waals surface area (Å²) in [7, 11) is 5.03. The lowest BCUT2D eigenvalue weighted by Crippen LogP contribution is -2.31. The maximum absolute atomic E-state index is 13.1. The highest BCUT2D eigenvalue weighted by atomic mass is 16.5. The molecule has 4 aromatic rings. The van der Waals surface area contributed by atoms with Crippen LogP contribution in [0.15, 0.2) is 61.6 Å². The number of hydrogen-bond donors (Lipinski definition) is 1. The van der Waals surface area contributed by atoms with Crippen molar-refractivity contribution in [2.45, 2.75) is 6.04 Å². The zero-order valence-electron chi connectivity index (χ0n) is 17.3. The van der Waals surface area contributed by atoms with Crippen LogP contribution in [0.25, 0.3) is 5.82 Å². The molecule has 0 fully saturated rings. The fourth-order valence-corrected chi connectivity index (χ4v) is 3.15. The largest absolute Gasteiger partial charge is 0.497 e. The van der Waals surface area contributed by atoms with Crippen molar-refractivity contribution >= 4 is 5.91 Å². The summed E-state index contributed by atoms with van der Waals surface area (Å²) in [6.07, 6.45) is 7.95. The summed E-state index contributed by atoms with van der Waals surface area (Å²) < 4.78 is 14.1. The minimum Gasteiger partial charge on any atom is -0.497 e. The van der Waals surface area contributed by atoms with Gasteiger partial charge in [-0.05, 0) is 29.8 Å². The molecule has 10 heteroatoms. The molecule has 1 aromatic carbocycles. The van der Waals surface area contributed by atoms with E-state index in [1.165, 1.54) is 23.5 Å². The van der Waals surface area contributed by atoms with Crippen LogP contribution in [0.1, 0.15) is 27.8 Å². The molecular weight excluding hydrogens is 398 g/mol. The summed E-state index contributed by atoms with van der Waals surface area (Å²) in [5, 5.41) is 7.07. The van der Waals surface area contributed by atoms with E-state index in [0.29, 0.717) is 28.7 Å². The Hall–Kier alpha value is -4.21. The van der Waals surface area contributed by atoms with Crippen molar-refractivity contribution in [3.8, 4) is 17.3 Å². The number of benzene rings is 1. The van der Waals surface area contributed by atoms with Gasteiger partial charge in [0.1, 0.15) is 36.0 Å². The summed E-state index contributed by atoms with van der Waals surface area (Å²) in [6.45, 7) is 0. The van der Waals surface area contributed by atoms with Crippen molar-refractivity contribution in [1.82, 2.24) is 34.6 Å². The van der Waals surface area contributed by atoms with Crippen LogP contribution < -0.4 is 14.8 Å². The molecule has 0 bridgehead atoms. The topological polar surface area (TPSA) is 109 Å². The number of carbonyl (C=O) groups is 1. The molecule has 1 amide bonds. The number of amides is 1. The number of methoxy groups -OCH3 is 2. The molecule has 4 rings (SSSR count). The van der Waals surface area contributed by atoms with Gasteiger partial charge in [-0.15, -0.1) is 0 Å². The molecule has 0 unspecified atom stereocenters. The highest BCUT2D eigenvalue weighted by Gasteiger charge is 2.23. The Kier molecular flexibility index (Phi) is 5.61. The number of rotatable bonds is 7. The average molecular weight is 419 g/mol. The molecule has 0 saturated heterocycles. The van der Waals surface area contributed by atoms with E-state index in [2.05, 4.69) is 25.4 Å². The monoisotopic (exact) mass is 419 g/mol. The zero-order chi connectivity index (χ0) is 21.8. The quantitative estimate of drug-likeness (QED) is 0.487. The summed E-state index contributed by atoms with van der Waals surface area (Å²) >= 11 is 0. The van der Waals surface area contributed by atoms with Crippen LogP contribution in [0.2, 0.25) is 0 Å². The summed E-state index contributed by atoms with van der Waals surface area (Å²) in [5.41, 5.74) is 1.17. The first-order valence-electron chi connectivity index (χ1n) is 9.41. The minimum absolute atomic E-state index is 0.299. The van der Waals surface area contributed by atoms with Crippen LogP contribution in [-0.4, -0.2) is 49.4 Å². The Balaban J connectivity index is 1.66. The van der Waals surface area contributed by atoms with Crippen molar-refractivity contribution < 1.29 is 14.3 Å². The van der Waals surface area contributed by atoms with Crippen molar-refractivity contribution in [3.63, 3.8) is 0 Å². The van der Waals surface area contributed by atoms with Gasteiger partial charge in [0, 0.05) is 31.7 Å². The Labute approximate surface area is 178 Å². The van der Waals surface area contributed by atoms with Crippen LogP contribution in [0, 0.1) is 0 Å². The van der Waals surface area contributed by atoms with Crippen LogP contribution >= 0.6 is 0 Å². The Morgan fingerprint density at radius 1 is 1.10 bits per heavy atom. The van der Waals surface area contributed by atoms with Gasteiger partial charge in [-0.25, -0.2) is 19.6 Å². The number of hydrogen-bond acceptors (Lipinski definition) is 7. The predicted molar refractivity (Wildman–Crippen MR) is 111 cm³/mol. The van der Waals surface area contributed by atoms with Crippen molar-refractivity contribution in [1.29, 1.82) is 0 Å². The molecule has 31 heavy (non-hydrogen) atoms. The Morgan fingerprint density at radius 3 is 2.42 bits per heavy atom. The van der Waals surface area contributed by atoms with Crippen molar-refractivity contribution in [2.75, 3.05) is 14.2 Å². The molecule has 0 radical (unpaired) electrons. The predicted octanol–water partition coefficient (Wildman–Crippen LogP) is 1.93. The van der Waals surface area contributed by atoms with E-state index in [9.17, 15) is 4.79 Å². The molecule has 3 heterocycles. The Morgan fingerprint density at radius 2 is 1.87 bits per heavy atom. The molecule has 0 aliphatic heterocycles. The summed E-state index contributed by atoms with van der Waals surface area (Å²) in [4.78, 5) is 25.7. The second-order valence-corrected chi connectivity index (χ2v) is 6.69. The number of nitrogens with zero attached hydrogens (tertiary/aromatic N) is 6. The van der Waals surface area contributed by atoms with Crippen LogP contribution in [-0.2, 0) is 7.05 Å². The van der Waals surface area contributed by atoms with Gasteiger partial charge >= 0.3 is 0 Å². The van der Waals surface area contributed by atoms with E-state index in [0.717, 1.165) is 5.56 Å². The van der Waals surface area contributed by atoms with Gasteiger partial charge in [-0.3, -0.25) is 4.79 Å². The maximum atomic E-state index is 13.1. The van der Waals surface area contributed by atoms with Crippen LogP contribution in [0.3, 0.4) is 0 Å². The van der Waals surface area contributed by atoms with Gasteiger partial charge in [0.25, 0.3) is 5.91 Å². The smallest absolute Gasteiger partial charge is 0.253 e. The van der Waals surface area contributed by atoms with Gasteiger partial charge < -0.3 is 19.4 Å². The van der Waals surface area contributed by atoms with E-state index in [1.54, 1.807) is 38.6 Å². The third kappa shape index (κ3) is 4.22. The Bertz CT molecular complexity index is 1150. The third-order valence-corrected chi connectivity index (χ3v) is 4.76. The normalized spacial score (nSPS) is 11.7. The summed E-state index contributed by atoms with van der Waals surface area (Å²) in [5.74, 6) is 2.15. The fourth-order valence-electron chi connectivity index (χ4n) is 3.15. The maximum Gasteiger partial charge on any atom is 0.253 e. The number of aromatic nitrogens is 6. The van der Waals surface area contributed by atoms with Gasteiger partial charge in [0.15, 0.2) is 5.82 Å². The number of ether oxygens (including phenoxy) is 2. The molecule has 0 aliphatic carbocycles. The molecule has 0 spiro atoms. The van der Waals surface area contributed by atoms with E-state index < -0.39 is 6.04 Å². The fraction of sp³-hybridized carbons (Fsp3) is 0.190. The van der Waals surface area contributed by atoms with Gasteiger partial charge in [0.05, 0.1) is 19.8 Å². The van der Waals surface area contributed by atoms with E-state index in [1.807, 2.05) is 29.9 Å². The van der Waals surface area contributed by atoms with Crippen molar-refractivity contribution in [2.24, 2.45) is 7.05 Å². The molecule has 10 nitrogen and oxygen atoms in total. The molecule has 1 N–H and O–H groups in total. The van der Waals surface area contributed by atoms with Gasteiger partial charge in [-0.1, -0.05) is 0 Å².